The topological polar surface area (TPSA) is 39.2 Å². The average molecular weight is 248 g/mol. The van der Waals surface area contributed by atoms with Gasteiger partial charge in [0.15, 0.2) is 18.3 Å². The molecule has 4 aromatic heterocycles. The van der Waals surface area contributed by atoms with E-state index in [1.54, 1.807) is 0 Å². The Hall–Kier alpha value is -2.69. The van der Waals surface area contributed by atoms with Gasteiger partial charge < -0.3 is 0 Å². The van der Waals surface area contributed by atoms with Gasteiger partial charge in [0.2, 0.25) is 0 Å². The molecule has 0 radical (unpaired) electrons. The number of hydrogen-bond acceptors (Lipinski definition) is 2. The van der Waals surface area contributed by atoms with Crippen LogP contribution in [0.4, 0.5) is 0 Å². The molecule has 0 amide bonds. The Morgan fingerprint density at radius 1 is 1.16 bits per heavy atom. The second kappa shape index (κ2) is 3.00. The zero-order chi connectivity index (χ0) is 12.4. The van der Waals surface area contributed by atoms with Crippen molar-refractivity contribution in [2.75, 3.05) is 0 Å². The van der Waals surface area contributed by atoms with Gasteiger partial charge in [-0.1, -0.05) is 0 Å². The number of pyridine rings is 1. The Bertz CT molecular complexity index is 947. The van der Waals surface area contributed by atoms with Crippen molar-refractivity contribution in [3.8, 4) is 11.3 Å². The molecule has 90 valence electrons. The van der Waals surface area contributed by atoms with E-state index < -0.39 is 0 Å². The zero-order valence-corrected chi connectivity index (χ0v) is 10.1. The van der Waals surface area contributed by atoms with Gasteiger partial charge in [-0.2, -0.15) is 0 Å². The van der Waals surface area contributed by atoms with Gasteiger partial charge in [-0.25, -0.2) is 13.8 Å². The molecule has 0 atom stereocenters. The maximum Gasteiger partial charge on any atom is 0.279 e. The summed E-state index contributed by atoms with van der Waals surface area (Å²) >= 11 is 0. The van der Waals surface area contributed by atoms with Crippen LogP contribution >= 0.6 is 0 Å². The van der Waals surface area contributed by atoms with E-state index in [0.29, 0.717) is 0 Å². The molecule has 0 fully saturated rings. The van der Waals surface area contributed by atoms with Crippen molar-refractivity contribution in [1.82, 2.24) is 18.9 Å². The Morgan fingerprint density at radius 2 is 2.11 bits per heavy atom. The Kier molecular flexibility index (Phi) is 1.46. The number of hydrogen-bond donors (Lipinski definition) is 0. The fourth-order valence-electron chi connectivity index (χ4n) is 3.00. The highest BCUT2D eigenvalue weighted by Gasteiger charge is 2.30. The lowest BCUT2D eigenvalue weighted by molar-refractivity contribution is -0.509. The first-order valence-electron chi connectivity index (χ1n) is 6.20. The monoisotopic (exact) mass is 248 g/mol. The molecule has 5 heteroatoms. The van der Waals surface area contributed by atoms with Crippen LogP contribution in [0.2, 0.25) is 0 Å². The Labute approximate surface area is 108 Å². The summed E-state index contributed by atoms with van der Waals surface area (Å²) in [5, 5.41) is 0. The third-order valence-corrected chi connectivity index (χ3v) is 3.81. The van der Waals surface area contributed by atoms with Crippen LogP contribution in [0.15, 0.2) is 49.6 Å². The van der Waals surface area contributed by atoms with E-state index in [1.165, 1.54) is 16.8 Å². The summed E-state index contributed by atoms with van der Waals surface area (Å²) in [7, 11) is 0. The van der Waals surface area contributed by atoms with Crippen LogP contribution in [0.1, 0.15) is 5.56 Å². The lowest BCUT2D eigenvalue weighted by Gasteiger charge is -1.93. The number of imidazole rings is 2. The Balaban J connectivity index is 2.00. The number of fused-ring (bicyclic) bond motifs is 7. The summed E-state index contributed by atoms with van der Waals surface area (Å²) in [6, 6.07) is 4.11. The quantitative estimate of drug-likeness (QED) is 0.387. The van der Waals surface area contributed by atoms with Gasteiger partial charge in [-0.15, -0.1) is 0 Å². The molecule has 0 unspecified atom stereocenters. The van der Waals surface area contributed by atoms with Gasteiger partial charge in [0.1, 0.15) is 11.7 Å². The van der Waals surface area contributed by atoms with E-state index in [0.717, 1.165) is 17.7 Å². The predicted molar refractivity (Wildman–Crippen MR) is 68.7 cm³/mol. The average Bonchev–Trinajstić information content (AvgIpc) is 3.04. The second-order valence-electron chi connectivity index (χ2n) is 4.86. The van der Waals surface area contributed by atoms with Crippen LogP contribution in [-0.2, 0) is 6.54 Å². The highest BCUT2D eigenvalue weighted by molar-refractivity contribution is 5.78. The molecule has 19 heavy (non-hydrogen) atoms. The maximum absolute atomic E-state index is 4.26. The third-order valence-electron chi connectivity index (χ3n) is 3.81. The van der Waals surface area contributed by atoms with Crippen LogP contribution in [0, 0.1) is 0 Å². The van der Waals surface area contributed by atoms with Crippen molar-refractivity contribution in [3.63, 3.8) is 0 Å². The normalized spacial score (nSPS) is 13.1. The summed E-state index contributed by atoms with van der Waals surface area (Å²) in [6.07, 6.45) is 11.7. The van der Waals surface area contributed by atoms with Gasteiger partial charge in [0, 0.05) is 29.7 Å². The lowest BCUT2D eigenvalue weighted by atomic mass is 10.1. The first-order valence-corrected chi connectivity index (χ1v) is 6.20. The molecule has 0 saturated heterocycles. The molecule has 5 nitrogen and oxygen atoms in total. The van der Waals surface area contributed by atoms with Gasteiger partial charge in [-0.3, -0.25) is 9.55 Å². The molecule has 0 aromatic carbocycles. The number of aromatic nitrogens is 5. The molecular formula is C14H10N5+. The molecule has 1 aliphatic heterocycles. The highest BCUT2D eigenvalue weighted by atomic mass is 15.2. The van der Waals surface area contributed by atoms with Gasteiger partial charge in [-0.05, 0) is 12.1 Å². The summed E-state index contributed by atoms with van der Waals surface area (Å²) in [5.41, 5.74) is 6.05. The minimum absolute atomic E-state index is 0.914. The van der Waals surface area contributed by atoms with Crippen molar-refractivity contribution < 1.29 is 4.40 Å². The fraction of sp³-hybridized carbons (Fsp3) is 0.0714. The van der Waals surface area contributed by atoms with E-state index in [9.17, 15) is 0 Å². The van der Waals surface area contributed by atoms with E-state index >= 15 is 0 Å². The minimum atomic E-state index is 0.914. The van der Waals surface area contributed by atoms with E-state index in [2.05, 4.69) is 41.9 Å². The first kappa shape index (κ1) is 9.27. The molecule has 5 rings (SSSR count). The SMILES string of the molecule is c1cc2c(cn1)-c1c3n4cnccc4c[n+]3cn1C2. The van der Waals surface area contributed by atoms with Crippen LogP contribution in [0.5, 0.6) is 0 Å². The molecule has 1 aliphatic rings. The van der Waals surface area contributed by atoms with Crippen LogP contribution in [-0.4, -0.2) is 18.9 Å². The summed E-state index contributed by atoms with van der Waals surface area (Å²) < 4.78 is 6.54. The largest absolute Gasteiger partial charge is 0.279 e. The first-order chi connectivity index (χ1) is 9.42. The fourth-order valence-corrected chi connectivity index (χ4v) is 3.00. The molecular weight excluding hydrogens is 238 g/mol. The van der Waals surface area contributed by atoms with E-state index in [1.807, 2.05) is 31.0 Å². The predicted octanol–water partition coefficient (Wildman–Crippen LogP) is 1.30. The minimum Gasteiger partial charge on any atom is -0.264 e. The molecule has 0 bridgehead atoms. The molecule has 0 N–H and O–H groups in total. The lowest BCUT2D eigenvalue weighted by Crippen LogP contribution is -2.15. The van der Waals surface area contributed by atoms with Crippen molar-refractivity contribution >= 4 is 11.2 Å². The zero-order valence-electron chi connectivity index (χ0n) is 10.1. The smallest absolute Gasteiger partial charge is 0.264 e. The Morgan fingerprint density at radius 3 is 3.11 bits per heavy atom. The summed E-state index contributed by atoms with van der Waals surface area (Å²) in [4.78, 5) is 8.48. The van der Waals surface area contributed by atoms with Crippen LogP contribution in [0.25, 0.3) is 22.4 Å². The highest BCUT2D eigenvalue weighted by Crippen LogP contribution is 2.33. The summed E-state index contributed by atoms with van der Waals surface area (Å²) in [5.74, 6) is 0. The molecule has 0 aliphatic carbocycles. The van der Waals surface area contributed by atoms with Crippen molar-refractivity contribution in [3.05, 3.63) is 55.1 Å². The van der Waals surface area contributed by atoms with Gasteiger partial charge >= 0.3 is 0 Å². The third kappa shape index (κ3) is 1.03. The van der Waals surface area contributed by atoms with Gasteiger partial charge in [0.25, 0.3) is 5.65 Å². The molecule has 0 spiro atoms. The van der Waals surface area contributed by atoms with Crippen molar-refractivity contribution in [2.24, 2.45) is 0 Å². The van der Waals surface area contributed by atoms with Crippen LogP contribution < -0.4 is 4.40 Å². The van der Waals surface area contributed by atoms with Gasteiger partial charge in [0.05, 0.1) is 6.54 Å². The van der Waals surface area contributed by atoms with Crippen molar-refractivity contribution in [1.29, 1.82) is 0 Å². The number of nitrogens with zero attached hydrogens (tertiary/aromatic N) is 5. The standard InChI is InChI=1S/C14H10N5/c1-3-15-5-12-10(1)6-17-9-18-7-11-2-4-16-8-19(11)14(18)13(12)17/h1-5,7-9H,6H2/q+1. The van der Waals surface area contributed by atoms with Crippen molar-refractivity contribution in [2.45, 2.75) is 6.54 Å². The molecule has 0 saturated carbocycles. The van der Waals surface area contributed by atoms with Crippen LogP contribution in [0.3, 0.4) is 0 Å². The summed E-state index contributed by atoms with van der Waals surface area (Å²) in [6.45, 7) is 0.914. The molecule has 4 aromatic rings. The second-order valence-corrected chi connectivity index (χ2v) is 4.86. The van der Waals surface area contributed by atoms with E-state index in [-0.39, 0.29) is 0 Å². The number of rotatable bonds is 0. The maximum atomic E-state index is 4.26. The molecule has 5 heterocycles. The van der Waals surface area contributed by atoms with E-state index in [4.69, 9.17) is 0 Å².